The van der Waals surface area contributed by atoms with Crippen molar-refractivity contribution < 1.29 is 5.11 Å². The molecular formula is C16H26N2O. The Balaban J connectivity index is 2.06. The third kappa shape index (κ3) is 3.78. The van der Waals surface area contributed by atoms with Crippen LogP contribution in [0.15, 0.2) is 24.3 Å². The fourth-order valence-electron chi connectivity index (χ4n) is 2.69. The van der Waals surface area contributed by atoms with E-state index in [0.717, 1.165) is 19.6 Å². The number of aryl methyl sites for hydroxylation is 1. The van der Waals surface area contributed by atoms with E-state index in [1.54, 1.807) is 0 Å². The summed E-state index contributed by atoms with van der Waals surface area (Å²) in [5.41, 5.74) is 2.63. The summed E-state index contributed by atoms with van der Waals surface area (Å²) in [4.78, 5) is 4.78. The molecule has 1 aliphatic rings. The number of aliphatic hydroxyl groups is 1. The highest BCUT2D eigenvalue weighted by molar-refractivity contribution is 5.21. The normalized spacial score (nSPS) is 26.3. The van der Waals surface area contributed by atoms with Gasteiger partial charge in [-0.2, -0.15) is 0 Å². The average molecular weight is 262 g/mol. The molecule has 106 valence electrons. The lowest BCUT2D eigenvalue weighted by molar-refractivity contribution is 0.109. The van der Waals surface area contributed by atoms with Gasteiger partial charge in [0.2, 0.25) is 0 Å². The molecule has 1 aliphatic heterocycles. The minimum Gasteiger partial charge on any atom is -0.395 e. The molecule has 2 rings (SSSR count). The van der Waals surface area contributed by atoms with Crippen molar-refractivity contribution >= 4 is 0 Å². The first kappa shape index (κ1) is 14.5. The third-order valence-corrected chi connectivity index (χ3v) is 4.32. The van der Waals surface area contributed by atoms with E-state index < -0.39 is 0 Å². The summed E-state index contributed by atoms with van der Waals surface area (Å²) in [7, 11) is 2.16. The van der Waals surface area contributed by atoms with Gasteiger partial charge in [-0.05, 0) is 32.9 Å². The second kappa shape index (κ2) is 6.51. The first-order valence-corrected chi connectivity index (χ1v) is 7.21. The van der Waals surface area contributed by atoms with Gasteiger partial charge >= 0.3 is 0 Å². The number of benzene rings is 1. The van der Waals surface area contributed by atoms with Gasteiger partial charge in [-0.25, -0.2) is 0 Å². The molecule has 1 heterocycles. The molecule has 0 radical (unpaired) electrons. The van der Waals surface area contributed by atoms with Crippen molar-refractivity contribution in [2.75, 3.05) is 26.7 Å². The van der Waals surface area contributed by atoms with E-state index in [-0.39, 0.29) is 12.6 Å². The van der Waals surface area contributed by atoms with Crippen LogP contribution in [-0.4, -0.2) is 53.7 Å². The number of hydrogen-bond acceptors (Lipinski definition) is 3. The van der Waals surface area contributed by atoms with E-state index in [1.807, 2.05) is 0 Å². The SMILES string of the molecule is Cc1ccc(CN2CCC(C)N(C)CC2CO)cc1. The Morgan fingerprint density at radius 2 is 1.95 bits per heavy atom. The Labute approximate surface area is 116 Å². The van der Waals surface area contributed by atoms with Crippen LogP contribution in [0, 0.1) is 6.92 Å². The Kier molecular flexibility index (Phi) is 4.97. The van der Waals surface area contributed by atoms with Gasteiger partial charge in [0.15, 0.2) is 0 Å². The van der Waals surface area contributed by atoms with Gasteiger partial charge < -0.3 is 10.0 Å². The van der Waals surface area contributed by atoms with Crippen LogP contribution in [0.2, 0.25) is 0 Å². The minimum atomic E-state index is 0.239. The third-order valence-electron chi connectivity index (χ3n) is 4.32. The van der Waals surface area contributed by atoms with Gasteiger partial charge in [0.1, 0.15) is 0 Å². The zero-order valence-electron chi connectivity index (χ0n) is 12.3. The number of hydrogen-bond donors (Lipinski definition) is 1. The zero-order chi connectivity index (χ0) is 13.8. The molecule has 1 fully saturated rings. The lowest BCUT2D eigenvalue weighted by atomic mass is 10.1. The Hall–Kier alpha value is -0.900. The van der Waals surface area contributed by atoms with E-state index in [2.05, 4.69) is 55.0 Å². The molecular weight excluding hydrogens is 236 g/mol. The summed E-state index contributed by atoms with van der Waals surface area (Å²) < 4.78 is 0. The summed E-state index contributed by atoms with van der Waals surface area (Å²) in [6.45, 7) is 7.57. The maximum absolute atomic E-state index is 9.64. The number of nitrogens with zero attached hydrogens (tertiary/aromatic N) is 2. The van der Waals surface area contributed by atoms with Crippen molar-refractivity contribution in [1.82, 2.24) is 9.80 Å². The van der Waals surface area contributed by atoms with E-state index in [9.17, 15) is 5.11 Å². The molecule has 0 spiro atoms. The fourth-order valence-corrected chi connectivity index (χ4v) is 2.69. The molecule has 1 aromatic rings. The molecule has 0 bridgehead atoms. The lowest BCUT2D eigenvalue weighted by Gasteiger charge is -2.29. The summed E-state index contributed by atoms with van der Waals surface area (Å²) in [5.74, 6) is 0. The van der Waals surface area contributed by atoms with Gasteiger partial charge in [0.25, 0.3) is 0 Å². The molecule has 0 saturated carbocycles. The second-order valence-corrected chi connectivity index (χ2v) is 5.87. The number of rotatable bonds is 3. The maximum atomic E-state index is 9.64. The summed E-state index contributed by atoms with van der Waals surface area (Å²) in [5, 5.41) is 9.64. The van der Waals surface area contributed by atoms with Gasteiger partial charge in [0.05, 0.1) is 6.61 Å². The Morgan fingerprint density at radius 1 is 1.26 bits per heavy atom. The van der Waals surface area contributed by atoms with E-state index in [1.165, 1.54) is 17.5 Å². The van der Waals surface area contributed by atoms with Gasteiger partial charge in [0, 0.05) is 31.7 Å². The Bertz CT molecular complexity index is 390. The highest BCUT2D eigenvalue weighted by atomic mass is 16.3. The highest BCUT2D eigenvalue weighted by Gasteiger charge is 2.25. The summed E-state index contributed by atoms with van der Waals surface area (Å²) in [6, 6.07) is 9.56. The van der Waals surface area contributed by atoms with E-state index in [0.29, 0.717) is 6.04 Å². The van der Waals surface area contributed by atoms with Crippen LogP contribution >= 0.6 is 0 Å². The quantitative estimate of drug-likeness (QED) is 0.901. The first-order chi connectivity index (χ1) is 9.10. The van der Waals surface area contributed by atoms with Crippen molar-refractivity contribution in [3.05, 3.63) is 35.4 Å². The van der Waals surface area contributed by atoms with Crippen LogP contribution in [-0.2, 0) is 6.54 Å². The first-order valence-electron chi connectivity index (χ1n) is 7.21. The van der Waals surface area contributed by atoms with Crippen molar-refractivity contribution in [1.29, 1.82) is 0 Å². The topological polar surface area (TPSA) is 26.7 Å². The predicted molar refractivity (Wildman–Crippen MR) is 79.2 cm³/mol. The highest BCUT2D eigenvalue weighted by Crippen LogP contribution is 2.17. The van der Waals surface area contributed by atoms with Crippen LogP contribution in [0.1, 0.15) is 24.5 Å². The van der Waals surface area contributed by atoms with E-state index in [4.69, 9.17) is 0 Å². The minimum absolute atomic E-state index is 0.239. The second-order valence-electron chi connectivity index (χ2n) is 5.87. The van der Waals surface area contributed by atoms with Crippen LogP contribution in [0.4, 0.5) is 0 Å². The van der Waals surface area contributed by atoms with Gasteiger partial charge in [-0.15, -0.1) is 0 Å². The smallest absolute Gasteiger partial charge is 0.0599 e. The van der Waals surface area contributed by atoms with Gasteiger partial charge in [-0.1, -0.05) is 29.8 Å². The van der Waals surface area contributed by atoms with Crippen molar-refractivity contribution in [3.8, 4) is 0 Å². The Morgan fingerprint density at radius 3 is 2.58 bits per heavy atom. The van der Waals surface area contributed by atoms with Crippen LogP contribution in [0.5, 0.6) is 0 Å². The molecule has 0 aromatic heterocycles. The van der Waals surface area contributed by atoms with Crippen molar-refractivity contribution in [2.24, 2.45) is 0 Å². The zero-order valence-corrected chi connectivity index (χ0v) is 12.3. The summed E-state index contributed by atoms with van der Waals surface area (Å²) >= 11 is 0. The molecule has 3 heteroatoms. The van der Waals surface area contributed by atoms with Crippen molar-refractivity contribution in [3.63, 3.8) is 0 Å². The molecule has 19 heavy (non-hydrogen) atoms. The maximum Gasteiger partial charge on any atom is 0.0599 e. The molecule has 2 atom stereocenters. The molecule has 1 aromatic carbocycles. The van der Waals surface area contributed by atoms with Crippen LogP contribution < -0.4 is 0 Å². The monoisotopic (exact) mass is 262 g/mol. The number of aliphatic hydroxyl groups excluding tert-OH is 1. The van der Waals surface area contributed by atoms with Crippen molar-refractivity contribution in [2.45, 2.75) is 38.9 Å². The molecule has 0 amide bonds. The van der Waals surface area contributed by atoms with Crippen LogP contribution in [0.3, 0.4) is 0 Å². The fraction of sp³-hybridized carbons (Fsp3) is 0.625. The molecule has 3 nitrogen and oxygen atoms in total. The average Bonchev–Trinajstić information content (AvgIpc) is 2.54. The largest absolute Gasteiger partial charge is 0.395 e. The van der Waals surface area contributed by atoms with Gasteiger partial charge in [-0.3, -0.25) is 4.90 Å². The predicted octanol–water partition coefficient (Wildman–Crippen LogP) is 1.88. The molecule has 1 N–H and O–H groups in total. The number of likely N-dealkylation sites (N-methyl/N-ethyl adjacent to an activating group) is 1. The molecule has 0 aliphatic carbocycles. The standard InChI is InChI=1S/C16H26N2O/c1-13-4-6-15(7-5-13)10-18-9-8-14(2)17(3)11-16(18)12-19/h4-7,14,16,19H,8-12H2,1-3H3. The summed E-state index contributed by atoms with van der Waals surface area (Å²) in [6.07, 6.45) is 1.17. The lowest BCUT2D eigenvalue weighted by Crippen LogP contribution is -2.42. The van der Waals surface area contributed by atoms with Crippen LogP contribution in [0.25, 0.3) is 0 Å². The van der Waals surface area contributed by atoms with E-state index >= 15 is 0 Å². The molecule has 2 unspecified atom stereocenters. The molecule has 1 saturated heterocycles.